The molecule has 0 aliphatic carbocycles. The highest BCUT2D eigenvalue weighted by molar-refractivity contribution is 14.1. The van der Waals surface area contributed by atoms with Crippen molar-refractivity contribution in [3.63, 3.8) is 0 Å². The van der Waals surface area contributed by atoms with Crippen LogP contribution in [-0.4, -0.2) is 13.0 Å². The fraction of sp³-hybridized carbons (Fsp3) is 0.0714. The van der Waals surface area contributed by atoms with E-state index in [4.69, 9.17) is 10.5 Å². The average Bonchev–Trinajstić information content (AvgIpc) is 2.45. The van der Waals surface area contributed by atoms with E-state index in [-0.39, 0.29) is 11.4 Å². The molecule has 0 saturated heterocycles. The smallest absolute Gasteiger partial charge is 0.254 e. The third-order valence-electron chi connectivity index (χ3n) is 2.84. The SMILES string of the molecule is COc1cc(F)c(F)c(Nc2ccc(I)cc2F)c1C(N)=O. The number of nitrogens with two attached hydrogens (primary N) is 1. The Labute approximate surface area is 137 Å². The van der Waals surface area contributed by atoms with Gasteiger partial charge in [0.15, 0.2) is 11.6 Å². The van der Waals surface area contributed by atoms with Crippen LogP contribution in [0.25, 0.3) is 0 Å². The van der Waals surface area contributed by atoms with Crippen LogP contribution in [0.3, 0.4) is 0 Å². The molecule has 2 aromatic carbocycles. The standard InChI is InChI=1S/C14H10F3IN2O2/c1-22-10-5-8(16)12(17)13(11(10)14(19)21)20-9-3-2-6(18)4-7(9)15/h2-5,20H,1H3,(H2,19,21). The van der Waals surface area contributed by atoms with Crippen molar-refractivity contribution >= 4 is 39.9 Å². The first kappa shape index (κ1) is 16.4. The van der Waals surface area contributed by atoms with Crippen molar-refractivity contribution in [3.8, 4) is 5.75 Å². The van der Waals surface area contributed by atoms with E-state index in [9.17, 15) is 18.0 Å². The third kappa shape index (κ3) is 3.11. The minimum Gasteiger partial charge on any atom is -0.496 e. The van der Waals surface area contributed by atoms with Gasteiger partial charge < -0.3 is 15.8 Å². The highest BCUT2D eigenvalue weighted by Gasteiger charge is 2.23. The predicted molar refractivity (Wildman–Crippen MR) is 83.8 cm³/mol. The van der Waals surface area contributed by atoms with E-state index in [1.165, 1.54) is 19.2 Å². The number of benzene rings is 2. The molecule has 0 fully saturated rings. The second-order valence-corrected chi connectivity index (χ2v) is 5.48. The topological polar surface area (TPSA) is 64.3 Å². The first-order valence-electron chi connectivity index (χ1n) is 5.93. The lowest BCUT2D eigenvalue weighted by Crippen LogP contribution is -2.17. The molecule has 8 heteroatoms. The van der Waals surface area contributed by atoms with Crippen LogP contribution in [0.1, 0.15) is 10.4 Å². The molecule has 3 N–H and O–H groups in total. The van der Waals surface area contributed by atoms with Crippen molar-refractivity contribution in [2.45, 2.75) is 0 Å². The number of halogens is 4. The Morgan fingerprint density at radius 1 is 1.23 bits per heavy atom. The van der Waals surface area contributed by atoms with E-state index >= 15 is 0 Å². The molecule has 2 rings (SSSR count). The van der Waals surface area contributed by atoms with Crippen molar-refractivity contribution in [2.75, 3.05) is 12.4 Å². The number of amides is 1. The molecule has 0 aromatic heterocycles. The van der Waals surface area contributed by atoms with E-state index in [1.807, 2.05) is 22.6 Å². The Hall–Kier alpha value is -1.97. The largest absolute Gasteiger partial charge is 0.496 e. The van der Waals surface area contributed by atoms with Crippen molar-refractivity contribution in [3.05, 3.63) is 50.9 Å². The molecule has 0 spiro atoms. The van der Waals surface area contributed by atoms with Crippen molar-refractivity contribution < 1.29 is 22.7 Å². The number of rotatable bonds is 4. The number of anilines is 2. The van der Waals surface area contributed by atoms with Crippen LogP contribution in [0.5, 0.6) is 5.75 Å². The van der Waals surface area contributed by atoms with Crippen molar-refractivity contribution in [1.29, 1.82) is 0 Å². The first-order valence-corrected chi connectivity index (χ1v) is 7.01. The van der Waals surface area contributed by atoms with Gasteiger partial charge in [-0.2, -0.15) is 0 Å². The van der Waals surface area contributed by atoms with Gasteiger partial charge in [-0.05, 0) is 40.8 Å². The fourth-order valence-electron chi connectivity index (χ4n) is 1.85. The normalized spacial score (nSPS) is 10.4. The number of primary amides is 1. The lowest BCUT2D eigenvalue weighted by Gasteiger charge is -2.15. The second kappa shape index (κ2) is 6.42. The van der Waals surface area contributed by atoms with Crippen LogP contribution < -0.4 is 15.8 Å². The van der Waals surface area contributed by atoms with Crippen LogP contribution in [0.2, 0.25) is 0 Å². The fourth-order valence-corrected chi connectivity index (χ4v) is 2.30. The van der Waals surface area contributed by atoms with Crippen LogP contribution in [0.4, 0.5) is 24.5 Å². The highest BCUT2D eigenvalue weighted by Crippen LogP contribution is 2.34. The quantitative estimate of drug-likeness (QED) is 0.741. The number of ether oxygens (including phenoxy) is 1. The second-order valence-electron chi connectivity index (χ2n) is 4.24. The molecule has 0 radical (unpaired) electrons. The van der Waals surface area contributed by atoms with Crippen LogP contribution >= 0.6 is 22.6 Å². The summed E-state index contributed by atoms with van der Waals surface area (Å²) in [5.41, 5.74) is 4.07. The van der Waals surface area contributed by atoms with Crippen molar-refractivity contribution in [2.24, 2.45) is 5.73 Å². The minimum atomic E-state index is -1.35. The molecule has 4 nitrogen and oxygen atoms in total. The predicted octanol–water partition coefficient (Wildman–Crippen LogP) is 3.56. The maximum Gasteiger partial charge on any atom is 0.254 e. The number of carbonyl (C=O) groups excluding carboxylic acids is 1. The molecule has 0 atom stereocenters. The van der Waals surface area contributed by atoms with E-state index in [0.29, 0.717) is 9.64 Å². The lowest BCUT2D eigenvalue weighted by molar-refractivity contribution is 0.0997. The maximum absolute atomic E-state index is 14.0. The molecule has 0 saturated carbocycles. The lowest BCUT2D eigenvalue weighted by atomic mass is 10.1. The number of hydrogen-bond acceptors (Lipinski definition) is 3. The molecular formula is C14H10F3IN2O2. The molecular weight excluding hydrogens is 412 g/mol. The van der Waals surface area contributed by atoms with E-state index < -0.39 is 34.6 Å². The zero-order chi connectivity index (χ0) is 16.4. The van der Waals surface area contributed by atoms with Crippen LogP contribution in [0, 0.1) is 21.0 Å². The van der Waals surface area contributed by atoms with Crippen LogP contribution in [0.15, 0.2) is 24.3 Å². The Bertz CT molecular complexity index is 753. The summed E-state index contributed by atoms with van der Waals surface area (Å²) < 4.78 is 46.9. The molecule has 22 heavy (non-hydrogen) atoms. The van der Waals surface area contributed by atoms with E-state index in [1.54, 1.807) is 6.07 Å². The first-order chi connectivity index (χ1) is 10.3. The third-order valence-corrected chi connectivity index (χ3v) is 3.51. The van der Waals surface area contributed by atoms with Gasteiger partial charge in [0, 0.05) is 9.64 Å². The zero-order valence-electron chi connectivity index (χ0n) is 11.2. The van der Waals surface area contributed by atoms with E-state index in [2.05, 4.69) is 5.32 Å². The number of carbonyl (C=O) groups is 1. The van der Waals surface area contributed by atoms with Gasteiger partial charge in [-0.3, -0.25) is 4.79 Å². The number of nitrogens with one attached hydrogen (secondary N) is 1. The van der Waals surface area contributed by atoms with Gasteiger partial charge in [-0.15, -0.1) is 0 Å². The Morgan fingerprint density at radius 3 is 2.45 bits per heavy atom. The Morgan fingerprint density at radius 2 is 1.91 bits per heavy atom. The zero-order valence-corrected chi connectivity index (χ0v) is 13.4. The summed E-state index contributed by atoms with van der Waals surface area (Å²) in [7, 11) is 1.17. The molecule has 2 aromatic rings. The summed E-state index contributed by atoms with van der Waals surface area (Å²) in [5.74, 6) is -4.59. The Balaban J connectivity index is 2.62. The van der Waals surface area contributed by atoms with Crippen molar-refractivity contribution in [1.82, 2.24) is 0 Å². The molecule has 0 heterocycles. The molecule has 0 aliphatic rings. The van der Waals surface area contributed by atoms with Gasteiger partial charge in [0.05, 0.1) is 18.5 Å². The molecule has 116 valence electrons. The van der Waals surface area contributed by atoms with E-state index in [0.717, 1.165) is 0 Å². The van der Waals surface area contributed by atoms with Gasteiger partial charge in [0.1, 0.15) is 17.1 Å². The Kier molecular flexibility index (Phi) is 4.79. The summed E-state index contributed by atoms with van der Waals surface area (Å²) in [6.45, 7) is 0. The summed E-state index contributed by atoms with van der Waals surface area (Å²) in [4.78, 5) is 11.5. The van der Waals surface area contributed by atoms with Gasteiger partial charge in [0.2, 0.25) is 0 Å². The van der Waals surface area contributed by atoms with Gasteiger partial charge >= 0.3 is 0 Å². The van der Waals surface area contributed by atoms with Gasteiger partial charge in [-0.1, -0.05) is 0 Å². The van der Waals surface area contributed by atoms with Crippen LogP contribution in [-0.2, 0) is 0 Å². The molecule has 0 aliphatic heterocycles. The van der Waals surface area contributed by atoms with Gasteiger partial charge in [0.25, 0.3) is 5.91 Å². The summed E-state index contributed by atoms with van der Waals surface area (Å²) >= 11 is 1.90. The number of methoxy groups -OCH3 is 1. The summed E-state index contributed by atoms with van der Waals surface area (Å²) in [6, 6.07) is 4.79. The monoisotopic (exact) mass is 422 g/mol. The molecule has 0 unspecified atom stereocenters. The molecule has 1 amide bonds. The summed E-state index contributed by atoms with van der Waals surface area (Å²) in [6.07, 6.45) is 0. The summed E-state index contributed by atoms with van der Waals surface area (Å²) in [5, 5.41) is 2.36. The maximum atomic E-state index is 14.0. The minimum absolute atomic E-state index is 0.130. The number of hydrogen-bond donors (Lipinski definition) is 2. The highest BCUT2D eigenvalue weighted by atomic mass is 127. The molecule has 0 bridgehead atoms. The van der Waals surface area contributed by atoms with Gasteiger partial charge in [-0.25, -0.2) is 13.2 Å². The average molecular weight is 422 g/mol.